The topological polar surface area (TPSA) is 96.3 Å². The van der Waals surface area contributed by atoms with Crippen LogP contribution in [0.2, 0.25) is 0 Å². The average Bonchev–Trinajstić information content (AvgIpc) is 3.00. The summed E-state index contributed by atoms with van der Waals surface area (Å²) in [6.45, 7) is 8.11. The number of phenolic OH excluding ortho intramolecular Hbond substituents is 1. The fraction of sp³-hybridized carbons (Fsp3) is 0.360. The lowest BCUT2D eigenvalue weighted by Gasteiger charge is -2.25. The van der Waals surface area contributed by atoms with Gasteiger partial charge in [-0.2, -0.15) is 0 Å². The number of phenols is 1. The van der Waals surface area contributed by atoms with Crippen molar-refractivity contribution in [3.63, 3.8) is 0 Å². The zero-order valence-corrected chi connectivity index (χ0v) is 19.1. The van der Waals surface area contributed by atoms with Crippen LogP contribution in [0.1, 0.15) is 48.6 Å². The molecule has 0 radical (unpaired) electrons. The van der Waals surface area contributed by atoms with Crippen molar-refractivity contribution in [2.45, 2.75) is 40.2 Å². The molecule has 2 N–H and O–H groups in total. The van der Waals surface area contributed by atoms with Gasteiger partial charge in [0, 0.05) is 6.54 Å². The quantitative estimate of drug-likeness (QED) is 0.380. The minimum atomic E-state index is -0.819. The van der Waals surface area contributed by atoms with E-state index in [9.17, 15) is 19.8 Å². The predicted molar refractivity (Wildman–Crippen MR) is 121 cm³/mol. The molecule has 0 spiro atoms. The summed E-state index contributed by atoms with van der Waals surface area (Å²) in [5.41, 5.74) is 2.58. The third kappa shape index (κ3) is 4.02. The highest BCUT2D eigenvalue weighted by Gasteiger charge is 2.46. The minimum absolute atomic E-state index is 0.0140. The zero-order valence-electron chi connectivity index (χ0n) is 19.1. The van der Waals surface area contributed by atoms with E-state index in [1.54, 1.807) is 25.1 Å². The molecule has 0 aliphatic carbocycles. The number of likely N-dealkylation sites (tertiary alicyclic amines) is 1. The van der Waals surface area contributed by atoms with Crippen molar-refractivity contribution >= 4 is 17.4 Å². The lowest BCUT2D eigenvalue weighted by Crippen LogP contribution is -2.30. The summed E-state index contributed by atoms with van der Waals surface area (Å²) < 4.78 is 11.0. The lowest BCUT2D eigenvalue weighted by molar-refractivity contribution is -0.139. The molecule has 1 amide bonds. The Labute approximate surface area is 187 Å². The number of methoxy groups -OCH3 is 1. The van der Waals surface area contributed by atoms with Gasteiger partial charge in [0.25, 0.3) is 11.7 Å². The van der Waals surface area contributed by atoms with Crippen LogP contribution in [-0.2, 0) is 9.59 Å². The maximum absolute atomic E-state index is 13.1. The van der Waals surface area contributed by atoms with Crippen LogP contribution in [0.25, 0.3) is 5.76 Å². The Kier molecular flexibility index (Phi) is 6.77. The molecule has 1 heterocycles. The Morgan fingerprint density at radius 2 is 1.84 bits per heavy atom. The number of hydrogen-bond donors (Lipinski definition) is 2. The van der Waals surface area contributed by atoms with E-state index in [0.717, 1.165) is 11.1 Å². The van der Waals surface area contributed by atoms with E-state index in [2.05, 4.69) is 0 Å². The van der Waals surface area contributed by atoms with Gasteiger partial charge < -0.3 is 24.6 Å². The number of carbonyl (C=O) groups is 2. The van der Waals surface area contributed by atoms with Crippen molar-refractivity contribution in [3.8, 4) is 17.2 Å². The first-order valence-electron chi connectivity index (χ1n) is 10.6. The fourth-order valence-corrected chi connectivity index (χ4v) is 4.22. The van der Waals surface area contributed by atoms with Gasteiger partial charge >= 0.3 is 0 Å². The largest absolute Gasteiger partial charge is 0.507 e. The molecule has 7 nitrogen and oxygen atoms in total. The second kappa shape index (κ2) is 9.34. The van der Waals surface area contributed by atoms with E-state index in [4.69, 9.17) is 9.47 Å². The first-order valence-corrected chi connectivity index (χ1v) is 10.6. The van der Waals surface area contributed by atoms with E-state index in [1.165, 1.54) is 18.1 Å². The van der Waals surface area contributed by atoms with Gasteiger partial charge in [-0.15, -0.1) is 0 Å². The van der Waals surface area contributed by atoms with E-state index in [-0.39, 0.29) is 22.8 Å². The van der Waals surface area contributed by atoms with Gasteiger partial charge in [-0.05, 0) is 62.1 Å². The smallest absolute Gasteiger partial charge is 0.295 e. The molecule has 0 bridgehead atoms. The minimum Gasteiger partial charge on any atom is -0.507 e. The molecule has 1 saturated heterocycles. The number of ketones is 1. The molecule has 7 heteroatoms. The van der Waals surface area contributed by atoms with Crippen LogP contribution in [0.4, 0.5) is 0 Å². The molecule has 1 aliphatic rings. The van der Waals surface area contributed by atoms with Crippen LogP contribution in [0.5, 0.6) is 17.2 Å². The first kappa shape index (κ1) is 23.2. The van der Waals surface area contributed by atoms with E-state index >= 15 is 0 Å². The first-order chi connectivity index (χ1) is 15.2. The van der Waals surface area contributed by atoms with E-state index in [0.29, 0.717) is 36.4 Å². The van der Waals surface area contributed by atoms with Crippen LogP contribution in [0.15, 0.2) is 35.9 Å². The maximum Gasteiger partial charge on any atom is 0.295 e. The van der Waals surface area contributed by atoms with Gasteiger partial charge in [0.15, 0.2) is 11.5 Å². The van der Waals surface area contributed by atoms with Crippen molar-refractivity contribution in [2.75, 3.05) is 20.3 Å². The second-order valence-electron chi connectivity index (χ2n) is 7.82. The molecule has 2 aromatic carbocycles. The van der Waals surface area contributed by atoms with Crippen molar-refractivity contribution in [2.24, 2.45) is 0 Å². The third-order valence-corrected chi connectivity index (χ3v) is 5.48. The van der Waals surface area contributed by atoms with E-state index < -0.39 is 17.7 Å². The van der Waals surface area contributed by atoms with Crippen LogP contribution in [0, 0.1) is 13.8 Å². The predicted octanol–water partition coefficient (Wildman–Crippen LogP) is 4.25. The summed E-state index contributed by atoms with van der Waals surface area (Å²) in [7, 11) is 1.50. The number of Topliss-reactive ketones (excluding diaryl/α,β-unsaturated/α-hetero) is 1. The number of hydrogen-bond acceptors (Lipinski definition) is 6. The maximum atomic E-state index is 13.1. The van der Waals surface area contributed by atoms with Crippen molar-refractivity contribution in [1.82, 2.24) is 4.90 Å². The molecule has 0 aromatic heterocycles. The van der Waals surface area contributed by atoms with Gasteiger partial charge in [0.1, 0.15) is 11.5 Å². The standard InChI is InChI=1S/C25H29NO6/c1-6-10-26-21(16-8-9-18(27)19(13-16)32-7-2)20(23(29)25(26)30)22(28)17-12-14(3)11-15(4)24(17)31-5/h8-9,11-13,21,27-28H,6-7,10H2,1-5H3/b22-20+. The average molecular weight is 440 g/mol. The summed E-state index contributed by atoms with van der Waals surface area (Å²) in [5.74, 6) is -1.08. The molecule has 2 aromatic rings. The SMILES string of the molecule is CCCN1C(=O)C(=O)/C(=C(/O)c2cc(C)cc(C)c2OC)C1c1ccc(O)c(OCC)c1. The number of rotatable bonds is 7. The molecular weight excluding hydrogens is 410 g/mol. The van der Waals surface area contributed by atoms with Crippen LogP contribution >= 0.6 is 0 Å². The Hall–Kier alpha value is -3.48. The Morgan fingerprint density at radius 1 is 1.12 bits per heavy atom. The molecular formula is C25H29NO6. The third-order valence-electron chi connectivity index (χ3n) is 5.48. The van der Waals surface area contributed by atoms with Gasteiger partial charge in [-0.1, -0.05) is 19.1 Å². The summed E-state index contributed by atoms with van der Waals surface area (Å²) in [5, 5.41) is 21.4. The Balaban J connectivity index is 2.29. The van der Waals surface area contributed by atoms with Crippen molar-refractivity contribution in [3.05, 3.63) is 58.2 Å². The molecule has 1 atom stereocenters. The molecule has 0 saturated carbocycles. The summed E-state index contributed by atoms with van der Waals surface area (Å²) in [6, 6.07) is 7.52. The Bertz CT molecular complexity index is 1090. The fourth-order valence-electron chi connectivity index (χ4n) is 4.22. The summed E-state index contributed by atoms with van der Waals surface area (Å²) in [4.78, 5) is 27.5. The van der Waals surface area contributed by atoms with Crippen molar-refractivity contribution in [1.29, 1.82) is 0 Å². The van der Waals surface area contributed by atoms with Crippen LogP contribution in [0.3, 0.4) is 0 Å². The molecule has 32 heavy (non-hydrogen) atoms. The van der Waals surface area contributed by atoms with Crippen LogP contribution in [-0.4, -0.2) is 47.1 Å². The molecule has 1 fully saturated rings. The summed E-state index contributed by atoms with van der Waals surface area (Å²) in [6.07, 6.45) is 0.632. The molecule has 3 rings (SSSR count). The normalized spacial score (nSPS) is 17.7. The number of aliphatic hydroxyl groups is 1. The number of amides is 1. The monoisotopic (exact) mass is 439 g/mol. The van der Waals surface area contributed by atoms with Gasteiger partial charge in [-0.25, -0.2) is 0 Å². The van der Waals surface area contributed by atoms with E-state index in [1.807, 2.05) is 26.8 Å². The number of carbonyl (C=O) groups excluding carboxylic acids is 2. The second-order valence-corrected chi connectivity index (χ2v) is 7.82. The molecule has 1 aliphatic heterocycles. The number of benzene rings is 2. The number of aliphatic hydroxyl groups excluding tert-OH is 1. The van der Waals surface area contributed by atoms with Gasteiger partial charge in [0.05, 0.1) is 30.9 Å². The highest BCUT2D eigenvalue weighted by Crippen LogP contribution is 2.43. The Morgan fingerprint density at radius 3 is 2.47 bits per heavy atom. The number of nitrogens with zero attached hydrogens (tertiary/aromatic N) is 1. The summed E-state index contributed by atoms with van der Waals surface area (Å²) >= 11 is 0. The highest BCUT2D eigenvalue weighted by molar-refractivity contribution is 6.46. The number of aryl methyl sites for hydroxylation is 2. The zero-order chi connectivity index (χ0) is 23.6. The lowest BCUT2D eigenvalue weighted by atomic mass is 9.93. The number of aromatic hydroxyl groups is 1. The molecule has 170 valence electrons. The molecule has 1 unspecified atom stereocenters. The number of ether oxygens (including phenoxy) is 2. The van der Waals surface area contributed by atoms with Gasteiger partial charge in [0.2, 0.25) is 0 Å². The van der Waals surface area contributed by atoms with Gasteiger partial charge in [-0.3, -0.25) is 9.59 Å². The van der Waals surface area contributed by atoms with Crippen molar-refractivity contribution < 1.29 is 29.3 Å². The highest BCUT2D eigenvalue weighted by atomic mass is 16.5. The van der Waals surface area contributed by atoms with Crippen LogP contribution < -0.4 is 9.47 Å².